The molecule has 17 heavy (non-hydrogen) atoms. The van der Waals surface area contributed by atoms with Gasteiger partial charge in [0, 0.05) is 19.2 Å². The summed E-state index contributed by atoms with van der Waals surface area (Å²) in [6, 6.07) is 1.29. The molecule has 0 spiro atoms. The molecule has 3 nitrogen and oxygen atoms in total. The van der Waals surface area contributed by atoms with Crippen LogP contribution in [0.25, 0.3) is 0 Å². The van der Waals surface area contributed by atoms with Crippen molar-refractivity contribution in [3.05, 3.63) is 0 Å². The van der Waals surface area contributed by atoms with Crippen molar-refractivity contribution in [2.75, 3.05) is 27.3 Å². The average Bonchev–Trinajstić information content (AvgIpc) is 2.33. The van der Waals surface area contributed by atoms with Crippen molar-refractivity contribution in [3.8, 4) is 0 Å². The zero-order valence-electron chi connectivity index (χ0n) is 11.8. The first-order valence-corrected chi connectivity index (χ1v) is 7.10. The van der Waals surface area contributed by atoms with Crippen LogP contribution in [0.15, 0.2) is 0 Å². The van der Waals surface area contributed by atoms with Crippen molar-refractivity contribution in [1.29, 1.82) is 0 Å². The van der Waals surface area contributed by atoms with E-state index in [2.05, 4.69) is 18.9 Å². The Balaban J connectivity index is 2.46. The first-order valence-electron chi connectivity index (χ1n) is 7.10. The van der Waals surface area contributed by atoms with Crippen LogP contribution in [0, 0.1) is 5.92 Å². The molecule has 2 N–H and O–H groups in total. The first kappa shape index (κ1) is 14.9. The highest BCUT2D eigenvalue weighted by molar-refractivity contribution is 4.81. The number of methoxy groups -OCH3 is 1. The molecule has 3 unspecified atom stereocenters. The predicted molar refractivity (Wildman–Crippen MR) is 73.1 cm³/mol. The standard InChI is InChI=1S/C14H30N2O/c1-12-6-4-7-13(10-12)16(2)14(11-17-3)8-5-9-15/h12-14H,4-11,15H2,1-3H3. The quantitative estimate of drug-likeness (QED) is 0.744. The molecule has 0 aromatic carbocycles. The highest BCUT2D eigenvalue weighted by atomic mass is 16.5. The van der Waals surface area contributed by atoms with E-state index in [0.29, 0.717) is 6.04 Å². The van der Waals surface area contributed by atoms with Gasteiger partial charge < -0.3 is 10.5 Å². The number of hydrogen-bond acceptors (Lipinski definition) is 3. The fourth-order valence-electron chi connectivity index (χ4n) is 3.02. The Hall–Kier alpha value is -0.120. The van der Waals surface area contributed by atoms with Gasteiger partial charge in [0.15, 0.2) is 0 Å². The number of ether oxygens (including phenoxy) is 1. The predicted octanol–water partition coefficient (Wildman–Crippen LogP) is 2.25. The van der Waals surface area contributed by atoms with Gasteiger partial charge in [0.25, 0.3) is 0 Å². The molecule has 1 rings (SSSR count). The van der Waals surface area contributed by atoms with Crippen LogP contribution in [0.2, 0.25) is 0 Å². The van der Waals surface area contributed by atoms with Crippen molar-refractivity contribution in [2.24, 2.45) is 11.7 Å². The molecule has 1 aliphatic rings. The molecule has 1 saturated carbocycles. The van der Waals surface area contributed by atoms with Crippen LogP contribution in [0.5, 0.6) is 0 Å². The Labute approximate surface area is 107 Å². The van der Waals surface area contributed by atoms with Crippen LogP contribution in [0.1, 0.15) is 45.4 Å². The molecule has 102 valence electrons. The van der Waals surface area contributed by atoms with Gasteiger partial charge in [-0.2, -0.15) is 0 Å². The summed E-state index contributed by atoms with van der Waals surface area (Å²) >= 11 is 0. The van der Waals surface area contributed by atoms with Crippen molar-refractivity contribution >= 4 is 0 Å². The lowest BCUT2D eigenvalue weighted by molar-refractivity contribution is 0.0539. The third kappa shape index (κ3) is 4.94. The first-order chi connectivity index (χ1) is 8.19. The van der Waals surface area contributed by atoms with Gasteiger partial charge in [0.2, 0.25) is 0 Å². The second-order valence-electron chi connectivity index (χ2n) is 5.63. The van der Waals surface area contributed by atoms with E-state index in [1.807, 2.05) is 0 Å². The lowest BCUT2D eigenvalue weighted by Crippen LogP contribution is -2.44. The van der Waals surface area contributed by atoms with E-state index in [1.54, 1.807) is 7.11 Å². The molecular formula is C14H30N2O. The van der Waals surface area contributed by atoms with E-state index in [0.717, 1.165) is 38.0 Å². The fraction of sp³-hybridized carbons (Fsp3) is 1.00. The van der Waals surface area contributed by atoms with E-state index in [1.165, 1.54) is 25.7 Å². The Morgan fingerprint density at radius 1 is 1.41 bits per heavy atom. The molecular weight excluding hydrogens is 212 g/mol. The number of rotatable bonds is 7. The van der Waals surface area contributed by atoms with E-state index in [-0.39, 0.29) is 0 Å². The lowest BCUT2D eigenvalue weighted by atomic mass is 9.85. The minimum absolute atomic E-state index is 0.541. The van der Waals surface area contributed by atoms with E-state index >= 15 is 0 Å². The molecule has 0 saturated heterocycles. The highest BCUT2D eigenvalue weighted by Gasteiger charge is 2.26. The van der Waals surface area contributed by atoms with Gasteiger partial charge in [0.05, 0.1) is 6.61 Å². The largest absolute Gasteiger partial charge is 0.383 e. The van der Waals surface area contributed by atoms with Gasteiger partial charge in [-0.05, 0) is 45.2 Å². The third-order valence-electron chi connectivity index (χ3n) is 4.16. The SMILES string of the molecule is COCC(CCCN)N(C)C1CCCC(C)C1. The number of hydrogen-bond donors (Lipinski definition) is 1. The third-order valence-corrected chi connectivity index (χ3v) is 4.16. The Morgan fingerprint density at radius 2 is 2.18 bits per heavy atom. The number of nitrogens with zero attached hydrogens (tertiary/aromatic N) is 1. The minimum Gasteiger partial charge on any atom is -0.383 e. The molecule has 0 aromatic heterocycles. The fourth-order valence-corrected chi connectivity index (χ4v) is 3.02. The van der Waals surface area contributed by atoms with Crippen molar-refractivity contribution < 1.29 is 4.74 Å². The van der Waals surface area contributed by atoms with E-state index in [9.17, 15) is 0 Å². The van der Waals surface area contributed by atoms with E-state index in [4.69, 9.17) is 10.5 Å². The van der Waals surface area contributed by atoms with Crippen molar-refractivity contribution in [3.63, 3.8) is 0 Å². The Morgan fingerprint density at radius 3 is 2.76 bits per heavy atom. The second kappa shape index (κ2) is 8.06. The minimum atomic E-state index is 0.541. The number of likely N-dealkylation sites (N-methyl/N-ethyl adjacent to an activating group) is 1. The van der Waals surface area contributed by atoms with Gasteiger partial charge in [-0.15, -0.1) is 0 Å². The molecule has 1 fully saturated rings. The average molecular weight is 242 g/mol. The molecule has 3 atom stereocenters. The summed E-state index contributed by atoms with van der Waals surface area (Å²) in [6.45, 7) is 4.00. The monoisotopic (exact) mass is 242 g/mol. The molecule has 0 aliphatic heterocycles. The summed E-state index contributed by atoms with van der Waals surface area (Å²) in [5.41, 5.74) is 5.61. The van der Waals surface area contributed by atoms with Crippen LogP contribution < -0.4 is 5.73 Å². The smallest absolute Gasteiger partial charge is 0.0618 e. The number of nitrogens with two attached hydrogens (primary N) is 1. The molecule has 0 aromatic rings. The molecule has 0 heterocycles. The van der Waals surface area contributed by atoms with Gasteiger partial charge in [-0.3, -0.25) is 4.90 Å². The Kier molecular flexibility index (Phi) is 7.09. The van der Waals surface area contributed by atoms with Gasteiger partial charge in [0.1, 0.15) is 0 Å². The molecule has 3 heteroatoms. The van der Waals surface area contributed by atoms with Gasteiger partial charge in [-0.1, -0.05) is 19.8 Å². The molecule has 0 bridgehead atoms. The maximum Gasteiger partial charge on any atom is 0.0618 e. The summed E-state index contributed by atoms with van der Waals surface area (Å²) in [5, 5.41) is 0. The summed E-state index contributed by atoms with van der Waals surface area (Å²) in [4.78, 5) is 2.55. The van der Waals surface area contributed by atoms with Crippen LogP contribution in [-0.4, -0.2) is 44.3 Å². The molecule has 0 amide bonds. The van der Waals surface area contributed by atoms with Crippen molar-refractivity contribution in [2.45, 2.75) is 57.5 Å². The van der Waals surface area contributed by atoms with Crippen LogP contribution in [-0.2, 0) is 4.74 Å². The highest BCUT2D eigenvalue weighted by Crippen LogP contribution is 2.28. The normalized spacial score (nSPS) is 27.4. The summed E-state index contributed by atoms with van der Waals surface area (Å²) in [6.07, 6.45) is 7.74. The zero-order chi connectivity index (χ0) is 12.7. The summed E-state index contributed by atoms with van der Waals surface area (Å²) < 4.78 is 5.36. The molecule has 1 aliphatic carbocycles. The van der Waals surface area contributed by atoms with Crippen molar-refractivity contribution in [1.82, 2.24) is 4.90 Å². The van der Waals surface area contributed by atoms with Crippen LogP contribution in [0.3, 0.4) is 0 Å². The van der Waals surface area contributed by atoms with E-state index < -0.39 is 0 Å². The topological polar surface area (TPSA) is 38.5 Å². The second-order valence-corrected chi connectivity index (χ2v) is 5.63. The van der Waals surface area contributed by atoms with Gasteiger partial charge >= 0.3 is 0 Å². The maximum absolute atomic E-state index is 5.61. The molecule has 0 radical (unpaired) electrons. The maximum atomic E-state index is 5.61. The summed E-state index contributed by atoms with van der Waals surface area (Å²) in [7, 11) is 4.07. The van der Waals surface area contributed by atoms with Crippen LogP contribution >= 0.6 is 0 Å². The van der Waals surface area contributed by atoms with Crippen LogP contribution in [0.4, 0.5) is 0 Å². The zero-order valence-corrected chi connectivity index (χ0v) is 11.8. The Bertz CT molecular complexity index is 199. The lowest BCUT2D eigenvalue weighted by Gasteiger charge is -2.39. The summed E-state index contributed by atoms with van der Waals surface area (Å²) in [5.74, 6) is 0.883. The van der Waals surface area contributed by atoms with Gasteiger partial charge in [-0.25, -0.2) is 0 Å².